The van der Waals surface area contributed by atoms with Crippen molar-refractivity contribution in [3.05, 3.63) is 53.0 Å². The average molecular weight is 508 g/mol. The third-order valence-corrected chi connectivity index (χ3v) is 9.00. The number of benzene rings is 2. The van der Waals surface area contributed by atoms with Crippen molar-refractivity contribution in [1.29, 1.82) is 0 Å². The number of aromatic nitrogens is 2. The molecule has 0 atom stereocenters. The number of amides is 1. The molecule has 2 aromatic carbocycles. The molecular weight excluding hydrogens is 486 g/mol. The number of nitrogens with one attached hydrogen (secondary N) is 2. The first-order valence-corrected chi connectivity index (χ1v) is 13.7. The lowest BCUT2D eigenvalue weighted by molar-refractivity contribution is -0.114. The molecule has 0 spiro atoms. The van der Waals surface area contributed by atoms with Crippen LogP contribution in [0.1, 0.15) is 23.9 Å². The van der Waals surface area contributed by atoms with E-state index in [0.717, 1.165) is 11.3 Å². The summed E-state index contributed by atoms with van der Waals surface area (Å²) in [5.74, 6) is -0.253. The van der Waals surface area contributed by atoms with E-state index in [4.69, 9.17) is 0 Å². The minimum atomic E-state index is -3.90. The van der Waals surface area contributed by atoms with E-state index in [0.29, 0.717) is 34.8 Å². The van der Waals surface area contributed by atoms with Gasteiger partial charge >= 0.3 is 0 Å². The standard InChI is InChI=1S/C20H21N5O5S3/c1-13(26)21-16-5-7-17(8-6-16)33(29,30)25-11-3-4-15-12-18(9-10-19(15)25)32(27,28)24-20-23-22-14(2)31-20/h5-10,12H,3-4,11H2,1-2H3,(H,21,26)(H,23,24). The molecule has 0 saturated heterocycles. The van der Waals surface area contributed by atoms with Crippen LogP contribution in [-0.4, -0.2) is 39.5 Å². The van der Waals surface area contributed by atoms with Gasteiger partial charge in [0.2, 0.25) is 11.0 Å². The van der Waals surface area contributed by atoms with Crippen molar-refractivity contribution < 1.29 is 21.6 Å². The molecule has 10 nitrogen and oxygen atoms in total. The van der Waals surface area contributed by atoms with Crippen LogP contribution in [0.25, 0.3) is 0 Å². The van der Waals surface area contributed by atoms with Gasteiger partial charge in [-0.25, -0.2) is 16.8 Å². The molecule has 1 amide bonds. The fraction of sp³-hybridized carbons (Fsp3) is 0.250. The maximum Gasteiger partial charge on any atom is 0.264 e. The van der Waals surface area contributed by atoms with Crippen LogP contribution in [0.15, 0.2) is 52.3 Å². The predicted octanol–water partition coefficient (Wildman–Crippen LogP) is 2.75. The van der Waals surface area contributed by atoms with Crippen molar-refractivity contribution in [2.24, 2.45) is 0 Å². The first kappa shape index (κ1) is 23.1. The van der Waals surface area contributed by atoms with Gasteiger partial charge in [0.05, 0.1) is 15.5 Å². The number of fused-ring (bicyclic) bond motifs is 1. The zero-order valence-electron chi connectivity index (χ0n) is 17.8. The van der Waals surface area contributed by atoms with Gasteiger partial charge in [0, 0.05) is 19.2 Å². The van der Waals surface area contributed by atoms with Gasteiger partial charge in [0.25, 0.3) is 20.0 Å². The monoisotopic (exact) mass is 507 g/mol. The molecule has 0 saturated carbocycles. The van der Waals surface area contributed by atoms with Gasteiger partial charge in [-0.2, -0.15) is 0 Å². The van der Waals surface area contributed by atoms with Gasteiger partial charge in [0.1, 0.15) is 5.01 Å². The van der Waals surface area contributed by atoms with Gasteiger partial charge in [-0.1, -0.05) is 11.3 Å². The Morgan fingerprint density at radius 2 is 1.73 bits per heavy atom. The number of rotatable bonds is 6. The van der Waals surface area contributed by atoms with Crippen molar-refractivity contribution >= 4 is 53.8 Å². The Bertz CT molecular complexity index is 1420. The summed E-state index contributed by atoms with van der Waals surface area (Å²) in [6, 6.07) is 10.3. The van der Waals surface area contributed by atoms with Gasteiger partial charge in [0.15, 0.2) is 0 Å². The number of hydrogen-bond acceptors (Lipinski definition) is 8. The average Bonchev–Trinajstić information content (AvgIpc) is 3.16. The Morgan fingerprint density at radius 1 is 1.03 bits per heavy atom. The van der Waals surface area contributed by atoms with E-state index in [1.165, 1.54) is 53.7 Å². The Balaban J connectivity index is 1.63. The van der Waals surface area contributed by atoms with E-state index in [1.807, 2.05) is 0 Å². The van der Waals surface area contributed by atoms with Crippen molar-refractivity contribution in [3.8, 4) is 0 Å². The van der Waals surface area contributed by atoms with Crippen LogP contribution < -0.4 is 14.3 Å². The van der Waals surface area contributed by atoms with Crippen LogP contribution >= 0.6 is 11.3 Å². The van der Waals surface area contributed by atoms with E-state index >= 15 is 0 Å². The highest BCUT2D eigenvalue weighted by atomic mass is 32.2. The molecule has 1 aliphatic heterocycles. The lowest BCUT2D eigenvalue weighted by Gasteiger charge is -2.30. The minimum Gasteiger partial charge on any atom is -0.326 e. The summed E-state index contributed by atoms with van der Waals surface area (Å²) in [6.07, 6.45) is 1.09. The van der Waals surface area contributed by atoms with Crippen LogP contribution in [0, 0.1) is 6.92 Å². The lowest BCUT2D eigenvalue weighted by Crippen LogP contribution is -2.35. The zero-order chi connectivity index (χ0) is 23.8. The van der Waals surface area contributed by atoms with Crippen LogP contribution in [0.5, 0.6) is 0 Å². The molecule has 174 valence electrons. The van der Waals surface area contributed by atoms with Crippen LogP contribution in [0.2, 0.25) is 0 Å². The minimum absolute atomic E-state index is 0.0213. The molecule has 0 fully saturated rings. The van der Waals surface area contributed by atoms with Gasteiger partial charge in [-0.05, 0) is 67.8 Å². The maximum absolute atomic E-state index is 13.3. The topological polar surface area (TPSA) is 138 Å². The SMILES string of the molecule is CC(=O)Nc1ccc(S(=O)(=O)N2CCCc3cc(S(=O)(=O)Nc4nnc(C)s4)ccc32)cc1. The highest BCUT2D eigenvalue weighted by Gasteiger charge is 2.30. The molecule has 3 aromatic rings. The third kappa shape index (κ3) is 4.84. The summed E-state index contributed by atoms with van der Waals surface area (Å²) >= 11 is 1.12. The predicted molar refractivity (Wildman–Crippen MR) is 125 cm³/mol. The number of nitrogens with zero attached hydrogens (tertiary/aromatic N) is 3. The molecule has 2 heterocycles. The molecule has 1 aliphatic rings. The highest BCUT2D eigenvalue weighted by molar-refractivity contribution is 7.93. The molecule has 0 radical (unpaired) electrons. The van der Waals surface area contributed by atoms with Crippen LogP contribution in [0.4, 0.5) is 16.5 Å². The fourth-order valence-corrected chi connectivity index (χ4v) is 6.92. The maximum atomic E-state index is 13.3. The summed E-state index contributed by atoms with van der Waals surface area (Å²) in [4.78, 5) is 11.3. The van der Waals surface area contributed by atoms with E-state index in [1.54, 1.807) is 6.92 Å². The normalized spacial score (nSPS) is 13.9. The Hall–Kier alpha value is -3.03. The third-order valence-electron chi connectivity index (χ3n) is 4.95. The largest absolute Gasteiger partial charge is 0.326 e. The lowest BCUT2D eigenvalue weighted by atomic mass is 10.0. The summed E-state index contributed by atoms with van der Waals surface area (Å²) in [7, 11) is -7.77. The van der Waals surface area contributed by atoms with Crippen LogP contribution in [0.3, 0.4) is 0 Å². The summed E-state index contributed by atoms with van der Waals surface area (Å²) in [6.45, 7) is 3.36. The fourth-order valence-electron chi connectivity index (χ4n) is 3.51. The number of carbonyl (C=O) groups is 1. The Morgan fingerprint density at radius 3 is 2.36 bits per heavy atom. The second-order valence-corrected chi connectivity index (χ2v) is 12.1. The number of hydrogen-bond donors (Lipinski definition) is 2. The van der Waals surface area contributed by atoms with Gasteiger partial charge < -0.3 is 5.32 Å². The summed E-state index contributed by atoms with van der Waals surface area (Å²) in [5.41, 5.74) is 1.56. The first-order chi connectivity index (χ1) is 15.6. The van der Waals surface area contributed by atoms with E-state index in [2.05, 4.69) is 20.2 Å². The summed E-state index contributed by atoms with van der Waals surface area (Å²) < 4.78 is 55.8. The number of sulfonamides is 2. The quantitative estimate of drug-likeness (QED) is 0.523. The highest BCUT2D eigenvalue weighted by Crippen LogP contribution is 2.34. The second kappa shape index (κ2) is 8.72. The molecular formula is C20H21N5O5S3. The molecule has 0 unspecified atom stereocenters. The Labute approximate surface area is 195 Å². The first-order valence-electron chi connectivity index (χ1n) is 9.92. The number of anilines is 3. The van der Waals surface area contributed by atoms with Crippen molar-refractivity contribution in [3.63, 3.8) is 0 Å². The smallest absolute Gasteiger partial charge is 0.264 e. The van der Waals surface area contributed by atoms with E-state index in [9.17, 15) is 21.6 Å². The molecule has 4 rings (SSSR count). The molecule has 0 bridgehead atoms. The Kier molecular flexibility index (Phi) is 6.12. The number of carbonyl (C=O) groups excluding carboxylic acids is 1. The van der Waals surface area contributed by atoms with Crippen molar-refractivity contribution in [1.82, 2.24) is 10.2 Å². The van der Waals surface area contributed by atoms with Crippen molar-refractivity contribution in [2.45, 2.75) is 36.5 Å². The van der Waals surface area contributed by atoms with Gasteiger partial charge in [-0.3, -0.25) is 13.8 Å². The molecule has 13 heteroatoms. The molecule has 0 aliphatic carbocycles. The molecule has 2 N–H and O–H groups in total. The van der Waals surface area contributed by atoms with E-state index in [-0.39, 0.29) is 27.4 Å². The molecule has 33 heavy (non-hydrogen) atoms. The summed E-state index contributed by atoms with van der Waals surface area (Å²) in [5, 5.41) is 11.0. The molecule has 1 aromatic heterocycles. The van der Waals surface area contributed by atoms with Gasteiger partial charge in [-0.15, -0.1) is 10.2 Å². The van der Waals surface area contributed by atoms with Crippen LogP contribution in [-0.2, 0) is 31.3 Å². The van der Waals surface area contributed by atoms with E-state index < -0.39 is 20.0 Å². The van der Waals surface area contributed by atoms with Crippen molar-refractivity contribution in [2.75, 3.05) is 20.9 Å². The number of aryl methyl sites for hydroxylation is 2. The second-order valence-electron chi connectivity index (χ2n) is 7.41. The zero-order valence-corrected chi connectivity index (χ0v) is 20.2.